The van der Waals surface area contributed by atoms with E-state index in [1.54, 1.807) is 24.3 Å². The van der Waals surface area contributed by atoms with Crippen molar-refractivity contribution in [2.75, 3.05) is 0 Å². The van der Waals surface area contributed by atoms with Crippen LogP contribution in [0.25, 0.3) is 11.1 Å². The molecule has 6 nitrogen and oxygen atoms in total. The third kappa shape index (κ3) is 5.83. The minimum absolute atomic E-state index is 0.108. The van der Waals surface area contributed by atoms with E-state index in [1.165, 1.54) is 25.4 Å². The molecule has 4 N–H and O–H groups in total. The minimum atomic E-state index is -1.55. The van der Waals surface area contributed by atoms with Crippen LogP contribution in [0.15, 0.2) is 71.6 Å². The quantitative estimate of drug-likeness (QED) is 0.175. The number of hydrogen-bond acceptors (Lipinski definition) is 4. The Hall–Kier alpha value is -3.85. The molecule has 4 rings (SSSR count). The number of fused-ring (bicyclic) bond motifs is 2. The average Bonchev–Trinajstić information content (AvgIpc) is 2.88. The van der Waals surface area contributed by atoms with Gasteiger partial charge in [-0.1, -0.05) is 36.2 Å². The van der Waals surface area contributed by atoms with Crippen LogP contribution in [0, 0.1) is 11.6 Å². The lowest BCUT2D eigenvalue weighted by Gasteiger charge is -2.19. The molecule has 0 aliphatic carbocycles. The number of hydrogen-bond donors (Lipinski definition) is 3. The maximum Gasteiger partial charge on any atom is 0.241 e. The normalized spacial score (nSPS) is 19.5. The van der Waals surface area contributed by atoms with Crippen molar-refractivity contribution in [1.82, 2.24) is 5.32 Å². The van der Waals surface area contributed by atoms with Crippen LogP contribution in [0.2, 0.25) is 5.02 Å². The van der Waals surface area contributed by atoms with Crippen LogP contribution >= 0.6 is 11.6 Å². The van der Waals surface area contributed by atoms with Crippen molar-refractivity contribution in [3.63, 3.8) is 0 Å². The van der Waals surface area contributed by atoms with Crippen molar-refractivity contribution in [2.24, 2.45) is 10.7 Å². The van der Waals surface area contributed by atoms with Gasteiger partial charge in [0.05, 0.1) is 33.5 Å². The van der Waals surface area contributed by atoms with Gasteiger partial charge < -0.3 is 11.1 Å². The Morgan fingerprint density at radius 1 is 1.18 bits per heavy atom. The summed E-state index contributed by atoms with van der Waals surface area (Å²) in [6.07, 6.45) is 2.82. The first-order chi connectivity index (χ1) is 18.2. The number of nitrogens with one attached hydrogen (secondary N) is 1. The zero-order valence-corrected chi connectivity index (χ0v) is 21.4. The van der Waals surface area contributed by atoms with Crippen LogP contribution in [0.3, 0.4) is 0 Å². The van der Waals surface area contributed by atoms with Crippen molar-refractivity contribution >= 4 is 23.2 Å². The monoisotopic (exact) mass is 543 g/mol. The number of nitrogens with two attached hydrogens (primary N) is 1. The topological polar surface area (TPSA) is 91.6 Å². The molecule has 10 heteroatoms. The molecule has 2 bridgehead atoms. The molecule has 0 radical (unpaired) electrons. The van der Waals surface area contributed by atoms with Gasteiger partial charge in [-0.25, -0.2) is 18.2 Å². The molecule has 0 saturated carbocycles. The Morgan fingerprint density at radius 2 is 1.97 bits per heavy atom. The van der Waals surface area contributed by atoms with Gasteiger partial charge in [-0.05, 0) is 49.6 Å². The molecular weight excluding hydrogens is 517 g/mol. The standard InChI is InChI=1S/C28H26ClF3N4O2/c1-16(30)34-28-18-6-4-5-17(13-18)20(7-2-3-8-25(37)35-23(28)14-33)24-12-9-19(15-36(24)38)26-22(31)11-10-21(29)27(26)32/h4-6,9-16,20H,2-3,7-8H2,1H3,(H3-,33,34,35,37,38)/p+1. The highest BCUT2D eigenvalue weighted by Crippen LogP contribution is 2.33. The van der Waals surface area contributed by atoms with Gasteiger partial charge in [0.2, 0.25) is 17.8 Å². The number of benzene rings is 2. The van der Waals surface area contributed by atoms with Gasteiger partial charge in [-0.2, -0.15) is 0 Å². The van der Waals surface area contributed by atoms with Crippen LogP contribution in [0.4, 0.5) is 13.2 Å². The first-order valence-corrected chi connectivity index (χ1v) is 12.5. The van der Waals surface area contributed by atoms with E-state index in [0.717, 1.165) is 22.4 Å². The second-order valence-electron chi connectivity index (χ2n) is 9.01. The van der Waals surface area contributed by atoms with Crippen molar-refractivity contribution in [3.05, 3.63) is 100 Å². The van der Waals surface area contributed by atoms with E-state index in [2.05, 4.69) is 10.3 Å². The van der Waals surface area contributed by atoms with Gasteiger partial charge in [0.1, 0.15) is 5.82 Å². The van der Waals surface area contributed by atoms with E-state index in [-0.39, 0.29) is 45.8 Å². The van der Waals surface area contributed by atoms with Gasteiger partial charge in [0, 0.05) is 29.0 Å². The molecule has 2 unspecified atom stereocenters. The fourth-order valence-electron chi connectivity index (χ4n) is 4.61. The van der Waals surface area contributed by atoms with E-state index < -0.39 is 17.9 Å². The maximum absolute atomic E-state index is 14.6. The van der Waals surface area contributed by atoms with Crippen molar-refractivity contribution in [3.8, 4) is 11.1 Å². The lowest BCUT2D eigenvalue weighted by atomic mass is 9.87. The molecule has 1 amide bonds. The number of aliphatic imine (C=N–C) groups is 1. The SMILES string of the molecule is CC(F)/N=C1/C(=C\N)NC(=O)CCCCC(c2ccc(-c3c(F)ccc(Cl)c3F)c[n+]2O)c2cccc1c2. The van der Waals surface area contributed by atoms with Gasteiger partial charge >= 0.3 is 0 Å². The number of alkyl halides is 1. The molecule has 0 fully saturated rings. The third-order valence-electron chi connectivity index (χ3n) is 6.36. The average molecular weight is 544 g/mol. The summed E-state index contributed by atoms with van der Waals surface area (Å²) in [7, 11) is 0. The van der Waals surface area contributed by atoms with Crippen molar-refractivity contribution < 1.29 is 27.9 Å². The Balaban J connectivity index is 1.82. The number of carbonyl (C=O) groups is 1. The second kappa shape index (κ2) is 11.7. The Bertz CT molecular complexity index is 1430. The first-order valence-electron chi connectivity index (χ1n) is 12.1. The number of nitrogens with zero attached hydrogens (tertiary/aromatic N) is 2. The summed E-state index contributed by atoms with van der Waals surface area (Å²) in [5.74, 6) is -2.37. The molecule has 1 aromatic heterocycles. The summed E-state index contributed by atoms with van der Waals surface area (Å²) in [4.78, 5) is 16.6. The van der Waals surface area contributed by atoms with Crippen LogP contribution in [0.1, 0.15) is 55.3 Å². The number of carbonyl (C=O) groups excluding carboxylic acids is 1. The van der Waals surface area contributed by atoms with E-state index in [1.807, 2.05) is 6.07 Å². The number of aromatic nitrogens is 1. The molecule has 2 heterocycles. The van der Waals surface area contributed by atoms with Crippen LogP contribution in [-0.4, -0.2) is 23.1 Å². The van der Waals surface area contributed by atoms with Crippen LogP contribution in [-0.2, 0) is 4.79 Å². The number of amides is 1. The third-order valence-corrected chi connectivity index (χ3v) is 6.65. The van der Waals surface area contributed by atoms with Crippen LogP contribution < -0.4 is 15.8 Å². The molecule has 3 aromatic rings. The largest absolute Gasteiger partial charge is 0.403 e. The summed E-state index contributed by atoms with van der Waals surface area (Å²) >= 11 is 5.84. The lowest BCUT2D eigenvalue weighted by molar-refractivity contribution is -0.909. The lowest BCUT2D eigenvalue weighted by Crippen LogP contribution is -2.37. The summed E-state index contributed by atoms with van der Waals surface area (Å²) in [6.45, 7) is 1.27. The number of allylic oxidation sites excluding steroid dienone is 1. The smallest absolute Gasteiger partial charge is 0.241 e. The van der Waals surface area contributed by atoms with E-state index in [4.69, 9.17) is 17.3 Å². The summed E-state index contributed by atoms with van der Waals surface area (Å²) < 4.78 is 43.9. The fourth-order valence-corrected chi connectivity index (χ4v) is 4.77. The van der Waals surface area contributed by atoms with E-state index >= 15 is 0 Å². The highest BCUT2D eigenvalue weighted by Gasteiger charge is 2.28. The highest BCUT2D eigenvalue weighted by atomic mass is 35.5. The zero-order valence-electron chi connectivity index (χ0n) is 20.6. The zero-order chi connectivity index (χ0) is 27.4. The molecule has 0 saturated heterocycles. The minimum Gasteiger partial charge on any atom is -0.403 e. The van der Waals surface area contributed by atoms with Gasteiger partial charge in [0.15, 0.2) is 12.1 Å². The Kier molecular flexibility index (Phi) is 8.36. The van der Waals surface area contributed by atoms with Crippen LogP contribution in [0.5, 0.6) is 0 Å². The van der Waals surface area contributed by atoms with Crippen molar-refractivity contribution in [2.45, 2.75) is 44.8 Å². The molecular formula is C28H27ClF3N4O2+. The second-order valence-corrected chi connectivity index (χ2v) is 9.42. The number of pyridine rings is 1. The Labute approximate surface area is 223 Å². The molecule has 2 atom stereocenters. The molecule has 38 heavy (non-hydrogen) atoms. The number of rotatable bonds is 3. The summed E-state index contributed by atoms with van der Waals surface area (Å²) in [5, 5.41) is 13.4. The summed E-state index contributed by atoms with van der Waals surface area (Å²) in [6, 6.07) is 12.5. The molecule has 0 spiro atoms. The summed E-state index contributed by atoms with van der Waals surface area (Å²) in [5.41, 5.74) is 7.70. The number of halogens is 4. The molecule has 2 aromatic carbocycles. The van der Waals surface area contributed by atoms with Crippen molar-refractivity contribution in [1.29, 1.82) is 0 Å². The maximum atomic E-state index is 14.6. The predicted molar refractivity (Wildman–Crippen MR) is 138 cm³/mol. The molecule has 1 aliphatic heterocycles. The van der Waals surface area contributed by atoms with E-state index in [9.17, 15) is 23.2 Å². The van der Waals surface area contributed by atoms with Gasteiger partial charge in [0.25, 0.3) is 0 Å². The first kappa shape index (κ1) is 27.2. The molecule has 198 valence electrons. The molecule has 1 aliphatic rings. The van der Waals surface area contributed by atoms with E-state index in [0.29, 0.717) is 30.5 Å². The Morgan fingerprint density at radius 3 is 2.68 bits per heavy atom. The fraction of sp³-hybridized carbons (Fsp3) is 0.250. The van der Waals surface area contributed by atoms with Gasteiger partial charge in [-0.3, -0.25) is 10.0 Å². The van der Waals surface area contributed by atoms with Gasteiger partial charge in [-0.15, -0.1) is 0 Å². The predicted octanol–water partition coefficient (Wildman–Crippen LogP) is 5.54. The highest BCUT2D eigenvalue weighted by molar-refractivity contribution is 6.31.